The fraction of sp³-hybridized carbons (Fsp3) is 0.944. The molecule has 816 valence electrons. The zero-order valence-electron chi connectivity index (χ0n) is 94.1. The van der Waals surface area contributed by atoms with Crippen LogP contribution in [0.15, 0.2) is 29.2 Å². The van der Waals surface area contributed by atoms with E-state index in [0.717, 1.165) is 223 Å². The number of epoxide rings is 2. The average Bonchev–Trinajstić information content (AvgIpc) is 1.53. The zero-order valence-corrected chi connectivity index (χ0v) is 94.9. The number of carbonyl (C=O) groups is 1. The molecule has 1 aromatic rings. The highest BCUT2D eigenvalue weighted by molar-refractivity contribution is 7.85. The lowest BCUT2D eigenvalue weighted by molar-refractivity contribution is -0.348. The third kappa shape index (κ3) is 17.2. The predicted octanol–water partition coefficient (Wildman–Crippen LogP) is 25.8. The number of Topliss-reactive ketones (excluding diaryl/α,β-unsaturated/α-hetero) is 1. The van der Waals surface area contributed by atoms with Gasteiger partial charge in [0.1, 0.15) is 5.78 Å². The number of benzene rings is 1. The van der Waals surface area contributed by atoms with Gasteiger partial charge in [0.25, 0.3) is 10.1 Å². The van der Waals surface area contributed by atoms with E-state index in [9.17, 15) is 28.5 Å². The Hall–Kier alpha value is -1.76. The summed E-state index contributed by atoms with van der Waals surface area (Å²) in [6.45, 7) is 58.8. The molecule has 40 atom stereocenters. The molecule has 27 rings (SSSR count). The maximum Gasteiger partial charge on any atom is 0.294 e. The highest BCUT2D eigenvalue weighted by Crippen LogP contribution is 2.78. The van der Waals surface area contributed by atoms with Crippen molar-refractivity contribution in [2.45, 2.75) is 480 Å². The number of aliphatic hydroxyl groups is 3. The number of ether oxygens (including phenoxy) is 10. The molecule has 0 amide bonds. The Morgan fingerprint density at radius 1 is 0.306 bits per heavy atom. The smallest absolute Gasteiger partial charge is 0.294 e. The molecule has 6 N–H and O–H groups in total. The first-order valence-electron chi connectivity index (χ1n) is 60.2. The molecule has 26 fully saturated rings. The number of aryl methyl sites for hydroxylation is 1. The number of aliphatic hydroxyl groups excluding tert-OH is 3. The molecule has 6 heterocycles. The van der Waals surface area contributed by atoms with E-state index < -0.39 is 10.1 Å². The summed E-state index contributed by atoms with van der Waals surface area (Å²) in [6.07, 6.45) is 52.3. The second-order valence-electron chi connectivity index (χ2n) is 61.5. The van der Waals surface area contributed by atoms with Crippen LogP contribution in [-0.2, 0) is 62.3 Å². The van der Waals surface area contributed by atoms with E-state index in [1.54, 1.807) is 12.1 Å². The molecule has 0 aromatic heterocycles. The van der Waals surface area contributed by atoms with Crippen molar-refractivity contribution in [1.29, 1.82) is 0 Å². The molecule has 26 aliphatic rings. The Morgan fingerprint density at radius 2 is 0.632 bits per heavy atom. The van der Waals surface area contributed by atoms with Crippen molar-refractivity contribution in [3.63, 3.8) is 0 Å². The van der Waals surface area contributed by atoms with Gasteiger partial charge in [0.2, 0.25) is 0 Å². The number of hydrogen-bond acceptors (Lipinski definition) is 16. The van der Waals surface area contributed by atoms with E-state index in [-0.39, 0.29) is 101 Å². The third-order valence-electron chi connectivity index (χ3n) is 51.8. The van der Waals surface area contributed by atoms with Gasteiger partial charge in [-0.2, -0.15) is 8.42 Å². The Morgan fingerprint density at radius 3 is 1.02 bits per heavy atom. The zero-order chi connectivity index (χ0) is 101. The summed E-state index contributed by atoms with van der Waals surface area (Å²) in [4.78, 5) is 12.4. The van der Waals surface area contributed by atoms with E-state index in [0.29, 0.717) is 92.8 Å². The summed E-state index contributed by atoms with van der Waals surface area (Å²) in [5.74, 6) is 16.7. The number of ketones is 1. The summed E-state index contributed by atoms with van der Waals surface area (Å²) in [5.41, 5.74) is 4.63. The maximum absolute atomic E-state index is 12.4. The summed E-state index contributed by atoms with van der Waals surface area (Å²) >= 11 is 0. The molecule has 0 bridgehead atoms. The standard InChI is InChI=1S/2C25H42O3.2C24H38O3.C20H32O2.C7H8O3S.H2O/c1-16-18-7-6-17-19(23(18,4)11-10-21(16)26)8-12-24(5)20(17)9-13-25(24)27-14-22(2,3)15-28-25;1-16-13-23(4)17(12-21(16)26)6-7-18-19(23)8-10-24(5)20(18)9-11-25(24)27-14-22(2,3)15-28-25;1-21(2)13-25-24(26-14-21)12-8-17-15-5-6-18-20-19(27-20)9-10-22(18,3)16(15)7-11-23(17,24)4;1-21(2)13-25-24(26-14-21)10-8-18-16-6-5-15-11-19-20(27-19)12-22(15,3)17(16)7-9-23(18,24)4;1-12-11-20(3)13(10-17(12)21)4-5-14-15-6-7-18(22)19(15,2)9-8-16(14)20;1-6-2-4-7(5-3-6)11(8,9)10;/h2*16-21,26H,6-15H2,1-5H3;2*15-20H,5-14H2,1-4H3;12-17,21H,4-11H2,1-3H3;2-5H,1H3,(H,8,9,10);1H2/t16-,17-,18+,19+,20+,21-,23+,24+;16-,17-,18+,19-,20-,21-,23-,24-;15-,16+,17+,18+,19-,20+,22-,23+;15-,16+,17-,18-,19-,20+,22-,23-;12-,13-,14-,15-,16-,17-,19-,20-;;/m10100../s1. The molecule has 18 nitrogen and oxygen atoms in total. The van der Waals surface area contributed by atoms with Gasteiger partial charge in [-0.05, 0) is 407 Å². The van der Waals surface area contributed by atoms with Crippen molar-refractivity contribution in [3.8, 4) is 0 Å². The summed E-state index contributed by atoms with van der Waals surface area (Å²) in [7, 11) is -4.02. The lowest BCUT2D eigenvalue weighted by atomic mass is 9.43. The van der Waals surface area contributed by atoms with Crippen LogP contribution in [0, 0.1) is 219 Å². The lowest BCUT2D eigenvalue weighted by Gasteiger charge is -2.63. The van der Waals surface area contributed by atoms with Crippen molar-refractivity contribution in [1.82, 2.24) is 0 Å². The minimum absolute atomic E-state index is 0. The topological polar surface area (TPSA) is 263 Å². The molecule has 0 radical (unpaired) electrons. The highest BCUT2D eigenvalue weighted by atomic mass is 32.2. The fourth-order valence-corrected chi connectivity index (χ4v) is 43.5. The molecule has 6 saturated heterocycles. The summed E-state index contributed by atoms with van der Waals surface area (Å²) in [5, 5.41) is 31.3. The second-order valence-corrected chi connectivity index (χ2v) is 63.0. The molecule has 0 unspecified atom stereocenters. The molecule has 4 spiro atoms. The van der Waals surface area contributed by atoms with Crippen LogP contribution in [-0.4, -0.2) is 158 Å². The van der Waals surface area contributed by atoms with Crippen molar-refractivity contribution in [2.24, 2.45) is 212 Å². The number of rotatable bonds is 1. The fourth-order valence-electron chi connectivity index (χ4n) is 43.0. The van der Waals surface area contributed by atoms with Gasteiger partial charge in [-0.15, -0.1) is 0 Å². The van der Waals surface area contributed by atoms with Crippen LogP contribution < -0.4 is 0 Å². The van der Waals surface area contributed by atoms with Gasteiger partial charge in [-0.25, -0.2) is 0 Å². The van der Waals surface area contributed by atoms with Crippen LogP contribution in [0.25, 0.3) is 0 Å². The van der Waals surface area contributed by atoms with Crippen LogP contribution in [0.2, 0.25) is 0 Å². The van der Waals surface area contributed by atoms with E-state index >= 15 is 0 Å². The Balaban J connectivity index is 0.000000103. The van der Waals surface area contributed by atoms with Crippen LogP contribution in [0.1, 0.15) is 408 Å². The Kier molecular flexibility index (Phi) is 27.9. The minimum atomic E-state index is -4.02. The van der Waals surface area contributed by atoms with Crippen molar-refractivity contribution in [2.75, 3.05) is 52.9 Å². The van der Waals surface area contributed by atoms with Gasteiger partial charge in [0, 0.05) is 80.8 Å². The van der Waals surface area contributed by atoms with Gasteiger partial charge in [-0.3, -0.25) is 9.35 Å². The SMILES string of the molecule is CC1(C)COC2(CC[C@H]3[C@@H]4CC[C@H]5C[C@@H]6O[C@@H]6C[C@]5(C)[C@H]4CC[C@@]32C)OC1.CC1(C)COC2(CC[C@H]3[C@@H]4CC[C@H]5[C@@H]6O[C@@H]6CC[C@]5(C)[C@H]4CC[C@@]32C)OC1.C[C@H]1C[C@@]2(C)[C@@H](CC[C@@H]3[C@@H]2CC[C@@]2(C)[C@H]3CCC23OCC(C)(C)CO3)C[C@@H]1O.C[C@H]1C[C@@]2(C)[C@@H](CC[C@@H]3[C@@H]2CC[C@]2(C)C(=O)CC[C@@H]32)C[C@@H]1O.C[C@H]1[C@H](O)CC[C@@]2(C)[C@H]1CC[C@@H]1[C@@H]2CC[C@@]2(C)[C@H]1CCC21OCC(C)(C)CO1.Cc1ccc(S(=O)(=O)O)cc1.O. The quantitative estimate of drug-likeness (QED) is 0.150. The first-order valence-corrected chi connectivity index (χ1v) is 61.6. The summed E-state index contributed by atoms with van der Waals surface area (Å²) < 4.78 is 94.4. The van der Waals surface area contributed by atoms with E-state index in [2.05, 4.69) is 145 Å². The predicted molar refractivity (Wildman–Crippen MR) is 562 cm³/mol. The first kappa shape index (κ1) is 108. The monoisotopic (exact) mass is 2020 g/mol. The van der Waals surface area contributed by atoms with Gasteiger partial charge >= 0.3 is 0 Å². The first-order chi connectivity index (χ1) is 67.1. The molecule has 19 heteroatoms. The Labute approximate surface area is 871 Å². The van der Waals surface area contributed by atoms with Crippen molar-refractivity contribution >= 4 is 15.9 Å². The largest absolute Gasteiger partial charge is 0.412 e. The van der Waals surface area contributed by atoms with Gasteiger partial charge in [0.05, 0.1) is 100 Å². The molecule has 144 heavy (non-hydrogen) atoms. The van der Waals surface area contributed by atoms with Crippen LogP contribution >= 0.6 is 0 Å². The van der Waals surface area contributed by atoms with Gasteiger partial charge in [0.15, 0.2) is 23.1 Å². The Bertz CT molecular complexity index is 4740. The molecule has 20 aliphatic carbocycles. The normalized spacial score (nSPS) is 52.5. The molecular formula is C125H202O18S. The number of fused-ring (bicyclic) bond motifs is 32. The van der Waals surface area contributed by atoms with Crippen molar-refractivity contribution < 1.29 is 85.9 Å². The van der Waals surface area contributed by atoms with Crippen LogP contribution in [0.5, 0.6) is 0 Å². The summed E-state index contributed by atoms with van der Waals surface area (Å²) in [6, 6.07) is 5.99. The second kappa shape index (κ2) is 37.2. The highest BCUT2D eigenvalue weighted by Gasteiger charge is 2.76. The molecule has 1 aromatic carbocycles. The van der Waals surface area contributed by atoms with Crippen molar-refractivity contribution in [3.05, 3.63) is 29.8 Å². The van der Waals surface area contributed by atoms with E-state index in [1.165, 1.54) is 205 Å². The van der Waals surface area contributed by atoms with E-state index in [4.69, 9.17) is 51.9 Å². The maximum atomic E-state index is 12.4. The minimum Gasteiger partial charge on any atom is -0.412 e. The average molecular weight is 2030 g/mol. The molecule has 6 aliphatic heterocycles. The number of hydrogen-bond donors (Lipinski definition) is 4. The number of carbonyl (C=O) groups excluding carboxylic acids is 1. The van der Waals surface area contributed by atoms with Gasteiger partial charge in [-0.1, -0.05) is 163 Å². The van der Waals surface area contributed by atoms with Crippen LogP contribution in [0.3, 0.4) is 0 Å². The lowest BCUT2D eigenvalue weighted by Crippen LogP contribution is -2.61. The van der Waals surface area contributed by atoms with Crippen LogP contribution in [0.4, 0.5) is 0 Å². The molecular weight excluding hydrogens is 1820 g/mol. The third-order valence-corrected chi connectivity index (χ3v) is 52.7. The van der Waals surface area contributed by atoms with E-state index in [1.807, 2.05) is 6.92 Å². The van der Waals surface area contributed by atoms with Gasteiger partial charge < -0.3 is 68.2 Å². The molecule has 20 saturated carbocycles.